The number of para-hydroxylation sites is 1. The number of rotatable bonds is 7. The molecule has 0 aliphatic carbocycles. The van der Waals surface area contributed by atoms with Crippen LogP contribution in [0.15, 0.2) is 58.2 Å². The number of carbonyl (C=O) groups excluding carboxylic acids is 1. The predicted molar refractivity (Wildman–Crippen MR) is 110 cm³/mol. The highest BCUT2D eigenvalue weighted by molar-refractivity contribution is 9.10. The average molecular weight is 501 g/mol. The van der Waals surface area contributed by atoms with Gasteiger partial charge in [-0.1, -0.05) is 39.8 Å². The van der Waals surface area contributed by atoms with Crippen LogP contribution in [0.2, 0.25) is 0 Å². The van der Waals surface area contributed by atoms with Gasteiger partial charge in [0.05, 0.1) is 17.0 Å². The van der Waals surface area contributed by atoms with Gasteiger partial charge >= 0.3 is 6.18 Å². The maximum Gasteiger partial charge on any atom is 0.418 e. The van der Waals surface area contributed by atoms with Crippen LogP contribution < -0.4 is 10.1 Å². The van der Waals surface area contributed by atoms with Gasteiger partial charge in [-0.2, -0.15) is 13.2 Å². The molecule has 0 bridgehead atoms. The summed E-state index contributed by atoms with van der Waals surface area (Å²) < 4.78 is 47.3. The van der Waals surface area contributed by atoms with Crippen molar-refractivity contribution < 1.29 is 22.7 Å². The number of ether oxygens (including phenoxy) is 1. The Hall–Kier alpha value is -2.53. The summed E-state index contributed by atoms with van der Waals surface area (Å²) in [5.41, 5.74) is -1.17. The van der Waals surface area contributed by atoms with E-state index in [9.17, 15) is 18.0 Å². The summed E-state index contributed by atoms with van der Waals surface area (Å²) >= 11 is 4.41. The van der Waals surface area contributed by atoms with E-state index in [1.165, 1.54) is 18.2 Å². The van der Waals surface area contributed by atoms with Gasteiger partial charge in [0, 0.05) is 11.5 Å². The van der Waals surface area contributed by atoms with E-state index in [2.05, 4.69) is 31.4 Å². The summed E-state index contributed by atoms with van der Waals surface area (Å²) in [6.45, 7) is 0.177. The second-order valence-electron chi connectivity index (χ2n) is 6.08. The van der Waals surface area contributed by atoms with Crippen molar-refractivity contribution in [2.75, 3.05) is 11.1 Å². The van der Waals surface area contributed by atoms with Gasteiger partial charge in [0.25, 0.3) is 0 Å². The number of alkyl halides is 3. The van der Waals surface area contributed by atoms with E-state index in [4.69, 9.17) is 4.74 Å². The van der Waals surface area contributed by atoms with Crippen molar-refractivity contribution in [3.05, 3.63) is 64.4 Å². The van der Waals surface area contributed by atoms with Gasteiger partial charge in [0.1, 0.15) is 12.4 Å². The molecule has 1 aromatic heterocycles. The molecule has 0 fully saturated rings. The molecule has 0 unspecified atom stereocenters. The lowest BCUT2D eigenvalue weighted by atomic mass is 10.1. The lowest BCUT2D eigenvalue weighted by molar-refractivity contribution is -0.137. The van der Waals surface area contributed by atoms with Crippen LogP contribution in [0.3, 0.4) is 0 Å². The maximum atomic E-state index is 13.0. The standard InChI is InChI=1S/C19H16BrF3N4O2S/c1-27-16(10-29-13-8-6-12(20)7-9-13)25-26-18(27)30-11-17(28)24-15-5-3-2-4-14(15)19(21,22)23/h2-9H,10-11H2,1H3,(H,24,28). The van der Waals surface area contributed by atoms with Crippen LogP contribution >= 0.6 is 27.7 Å². The monoisotopic (exact) mass is 500 g/mol. The molecular weight excluding hydrogens is 485 g/mol. The third-order valence-electron chi connectivity index (χ3n) is 3.95. The van der Waals surface area contributed by atoms with Gasteiger partial charge < -0.3 is 14.6 Å². The summed E-state index contributed by atoms with van der Waals surface area (Å²) in [5.74, 6) is 0.514. The predicted octanol–water partition coefficient (Wildman–Crippen LogP) is 4.91. The van der Waals surface area contributed by atoms with Gasteiger partial charge in [-0.3, -0.25) is 4.79 Å². The average Bonchev–Trinajstić information content (AvgIpc) is 3.05. The van der Waals surface area contributed by atoms with Crippen LogP contribution in [0, 0.1) is 0 Å². The van der Waals surface area contributed by atoms with Crippen molar-refractivity contribution in [3.8, 4) is 5.75 Å². The zero-order valence-corrected chi connectivity index (χ0v) is 18.0. The van der Waals surface area contributed by atoms with Crippen molar-refractivity contribution in [2.45, 2.75) is 17.9 Å². The molecule has 158 valence electrons. The minimum absolute atomic E-state index is 0.119. The van der Waals surface area contributed by atoms with Crippen molar-refractivity contribution in [2.24, 2.45) is 7.05 Å². The molecule has 2 aromatic carbocycles. The number of carbonyl (C=O) groups is 1. The summed E-state index contributed by atoms with van der Waals surface area (Å²) in [6, 6.07) is 12.1. The Morgan fingerprint density at radius 2 is 1.87 bits per heavy atom. The van der Waals surface area contributed by atoms with Gasteiger partial charge in [-0.25, -0.2) is 0 Å². The Morgan fingerprint density at radius 3 is 2.57 bits per heavy atom. The Kier molecular flexibility index (Phi) is 7.03. The number of anilines is 1. The van der Waals surface area contributed by atoms with Crippen LogP contribution in [-0.2, 0) is 24.6 Å². The van der Waals surface area contributed by atoms with Crippen LogP contribution in [0.4, 0.5) is 18.9 Å². The first-order valence-electron chi connectivity index (χ1n) is 8.59. The summed E-state index contributed by atoms with van der Waals surface area (Å²) in [6.07, 6.45) is -4.55. The molecule has 0 radical (unpaired) electrons. The van der Waals surface area contributed by atoms with Crippen molar-refractivity contribution in [1.82, 2.24) is 14.8 Å². The van der Waals surface area contributed by atoms with Gasteiger partial charge in [0.2, 0.25) is 5.91 Å². The minimum atomic E-state index is -4.55. The number of hydrogen-bond donors (Lipinski definition) is 1. The number of amides is 1. The van der Waals surface area contributed by atoms with Crippen molar-refractivity contribution in [3.63, 3.8) is 0 Å². The summed E-state index contributed by atoms with van der Waals surface area (Å²) in [4.78, 5) is 12.1. The third kappa shape index (κ3) is 5.76. The first kappa shape index (κ1) is 22.2. The number of nitrogens with one attached hydrogen (secondary N) is 1. The number of halogens is 4. The Labute approximate surface area is 183 Å². The maximum absolute atomic E-state index is 13.0. The van der Waals surface area contributed by atoms with E-state index in [0.717, 1.165) is 22.3 Å². The first-order valence-corrected chi connectivity index (χ1v) is 10.4. The highest BCUT2D eigenvalue weighted by atomic mass is 79.9. The molecule has 0 spiro atoms. The van der Waals surface area contributed by atoms with E-state index in [1.54, 1.807) is 23.7 Å². The highest BCUT2D eigenvalue weighted by Gasteiger charge is 2.33. The molecule has 30 heavy (non-hydrogen) atoms. The molecule has 3 rings (SSSR count). The molecule has 3 aromatic rings. The number of benzene rings is 2. The minimum Gasteiger partial charge on any atom is -0.486 e. The lowest BCUT2D eigenvalue weighted by Gasteiger charge is -2.13. The molecule has 0 aliphatic rings. The Bertz CT molecular complexity index is 1030. The fourth-order valence-electron chi connectivity index (χ4n) is 2.43. The quantitative estimate of drug-likeness (QED) is 0.467. The third-order valence-corrected chi connectivity index (χ3v) is 5.49. The van der Waals surface area contributed by atoms with Crippen LogP contribution in [-0.4, -0.2) is 26.4 Å². The second-order valence-corrected chi connectivity index (χ2v) is 7.94. The molecular formula is C19H16BrF3N4O2S. The molecule has 6 nitrogen and oxygen atoms in total. The highest BCUT2D eigenvalue weighted by Crippen LogP contribution is 2.34. The largest absolute Gasteiger partial charge is 0.486 e. The lowest BCUT2D eigenvalue weighted by Crippen LogP contribution is -2.18. The van der Waals surface area contributed by atoms with E-state index < -0.39 is 17.6 Å². The van der Waals surface area contributed by atoms with Crippen LogP contribution in [0.1, 0.15) is 11.4 Å². The van der Waals surface area contributed by atoms with Gasteiger partial charge in [-0.15, -0.1) is 10.2 Å². The Morgan fingerprint density at radius 1 is 1.17 bits per heavy atom. The molecule has 0 saturated carbocycles. The Balaban J connectivity index is 1.56. The molecule has 1 amide bonds. The molecule has 0 atom stereocenters. The number of hydrogen-bond acceptors (Lipinski definition) is 5. The van der Waals surface area contributed by atoms with E-state index in [1.807, 2.05) is 12.1 Å². The first-order chi connectivity index (χ1) is 14.2. The van der Waals surface area contributed by atoms with Crippen LogP contribution in [0.5, 0.6) is 5.75 Å². The van der Waals surface area contributed by atoms with Gasteiger partial charge in [0.15, 0.2) is 11.0 Å². The molecule has 11 heteroatoms. The van der Waals surface area contributed by atoms with E-state index in [-0.39, 0.29) is 18.0 Å². The smallest absolute Gasteiger partial charge is 0.418 e. The SMILES string of the molecule is Cn1c(COc2ccc(Br)cc2)nnc1SCC(=O)Nc1ccccc1C(F)(F)F. The van der Waals surface area contributed by atoms with E-state index >= 15 is 0 Å². The van der Waals surface area contributed by atoms with Gasteiger partial charge in [-0.05, 0) is 36.4 Å². The number of nitrogens with zero attached hydrogens (tertiary/aromatic N) is 3. The normalized spacial score (nSPS) is 11.4. The summed E-state index contributed by atoms with van der Waals surface area (Å²) in [5, 5.41) is 10.8. The van der Waals surface area contributed by atoms with Crippen LogP contribution in [0.25, 0.3) is 0 Å². The number of thioether (sulfide) groups is 1. The molecule has 0 saturated heterocycles. The number of aromatic nitrogens is 3. The topological polar surface area (TPSA) is 69.0 Å². The second kappa shape index (κ2) is 9.52. The van der Waals surface area contributed by atoms with E-state index in [0.29, 0.717) is 16.7 Å². The fourth-order valence-corrected chi connectivity index (χ4v) is 3.43. The van der Waals surface area contributed by atoms with Crippen molar-refractivity contribution in [1.29, 1.82) is 0 Å². The zero-order chi connectivity index (χ0) is 21.7. The zero-order valence-electron chi connectivity index (χ0n) is 15.6. The molecule has 1 heterocycles. The van der Waals surface area contributed by atoms with Crippen molar-refractivity contribution >= 4 is 39.3 Å². The molecule has 0 aliphatic heterocycles. The molecule has 1 N–H and O–H groups in total. The fraction of sp³-hybridized carbons (Fsp3) is 0.211. The summed E-state index contributed by atoms with van der Waals surface area (Å²) in [7, 11) is 1.72.